The Morgan fingerprint density at radius 1 is 1.00 bits per heavy atom. The van der Waals surface area contributed by atoms with Crippen LogP contribution in [0.15, 0.2) is 0 Å². The summed E-state index contributed by atoms with van der Waals surface area (Å²) in [7, 11) is 0. The molecule has 0 aliphatic heterocycles. The molecule has 5 heavy (non-hydrogen) atoms. The normalized spacial score (nSPS) is 0. The molecule has 5 heteroatoms. The molecule has 0 amide bonds. The van der Waals surface area contributed by atoms with E-state index in [4.69, 9.17) is 0 Å². The molecule has 0 aliphatic carbocycles. The second-order valence-corrected chi connectivity index (χ2v) is 0. The SMILES string of the molecule is [AlH2].[Hf].[Ni].[SbH2].[SnH2]. The molecule has 0 rings (SSSR count). The Kier molecular flexibility index (Phi) is 201. The van der Waals surface area contributed by atoms with Crippen molar-refractivity contribution in [3.63, 3.8) is 0 Å². The molecule has 0 aliphatic rings. The van der Waals surface area contributed by atoms with Crippen molar-refractivity contribution in [2.75, 3.05) is 0 Å². The zero-order valence-electron chi connectivity index (χ0n) is 3.10. The van der Waals surface area contributed by atoms with Crippen molar-refractivity contribution >= 4 is 65.7 Å². The molecule has 0 saturated carbocycles. The molecule has 0 saturated heterocycles. The van der Waals surface area contributed by atoms with Crippen LogP contribution < -0.4 is 0 Å². The monoisotopic (exact) mass is 512 g/mol. The van der Waals surface area contributed by atoms with E-state index in [2.05, 4.69) is 0 Å². The molecule has 0 aromatic heterocycles. The van der Waals surface area contributed by atoms with Gasteiger partial charge in [0.1, 0.15) is 17.4 Å². The van der Waals surface area contributed by atoms with Crippen molar-refractivity contribution < 1.29 is 42.3 Å². The standard InChI is InChI=1S/Al.Hf.Ni.Sb.Sn.6H. The van der Waals surface area contributed by atoms with E-state index in [1.807, 2.05) is 0 Å². The molecule has 0 unspecified atom stereocenters. The summed E-state index contributed by atoms with van der Waals surface area (Å²) in [5, 5.41) is 0. The van der Waals surface area contributed by atoms with Crippen LogP contribution in [0, 0.1) is 0 Å². The first kappa shape index (κ1) is 38.9. The summed E-state index contributed by atoms with van der Waals surface area (Å²) in [4.78, 5) is 0. The molecule has 0 heterocycles. The van der Waals surface area contributed by atoms with Crippen molar-refractivity contribution in [1.82, 2.24) is 0 Å². The third-order valence-corrected chi connectivity index (χ3v) is 0. The summed E-state index contributed by atoms with van der Waals surface area (Å²) >= 11 is 0. The van der Waals surface area contributed by atoms with E-state index in [9.17, 15) is 0 Å². The minimum atomic E-state index is 0. The molecule has 0 spiro atoms. The van der Waals surface area contributed by atoms with Gasteiger partial charge in [0.05, 0.1) is 0 Å². The maximum absolute atomic E-state index is 0. The van der Waals surface area contributed by atoms with Gasteiger partial charge in [-0.1, -0.05) is 0 Å². The van der Waals surface area contributed by atoms with Crippen LogP contribution >= 0.6 is 0 Å². The number of hydrogen-bond acceptors (Lipinski definition) is 0. The molecule has 0 aromatic carbocycles. The summed E-state index contributed by atoms with van der Waals surface area (Å²) in [6.07, 6.45) is 0. The van der Waals surface area contributed by atoms with Crippen LogP contribution in [-0.4, -0.2) is 65.7 Å². The first-order valence-corrected chi connectivity index (χ1v) is 0. The van der Waals surface area contributed by atoms with Crippen LogP contribution in [0.3, 0.4) is 0 Å². The zero-order valence-corrected chi connectivity index (χ0v) is 17.0. The van der Waals surface area contributed by atoms with Crippen molar-refractivity contribution in [3.05, 3.63) is 0 Å². The second-order valence-electron chi connectivity index (χ2n) is 0. The van der Waals surface area contributed by atoms with Crippen molar-refractivity contribution in [2.24, 2.45) is 0 Å². The average Bonchev–Trinajstić information content (AvgIpc) is 0. The van der Waals surface area contributed by atoms with Crippen molar-refractivity contribution in [2.45, 2.75) is 0 Å². The fraction of sp³-hybridized carbons (Fsp3) is 0. The van der Waals surface area contributed by atoms with Crippen LogP contribution in [0.25, 0.3) is 0 Å². The van der Waals surface area contributed by atoms with Crippen LogP contribution in [-0.2, 0) is 42.3 Å². The predicted molar refractivity (Wildman–Crippen MR) is 25.6 cm³/mol. The summed E-state index contributed by atoms with van der Waals surface area (Å²) in [5.74, 6) is 0. The van der Waals surface area contributed by atoms with Crippen molar-refractivity contribution in [3.8, 4) is 0 Å². The molecule has 4 radical (unpaired) electrons. The molecule has 0 bridgehead atoms. The maximum atomic E-state index is 0. The van der Waals surface area contributed by atoms with E-state index in [1.54, 1.807) is 0 Å². The van der Waals surface area contributed by atoms with E-state index in [0.717, 1.165) is 0 Å². The van der Waals surface area contributed by atoms with Crippen LogP contribution in [0.1, 0.15) is 0 Å². The van der Waals surface area contributed by atoms with Gasteiger partial charge in [-0.3, -0.25) is 0 Å². The van der Waals surface area contributed by atoms with Crippen LogP contribution in [0.4, 0.5) is 0 Å². The van der Waals surface area contributed by atoms with E-state index in [-0.39, 0.29) is 108 Å². The molecule has 0 aromatic rings. The molecular weight excluding hydrogens is 505 g/mol. The molecule has 0 fully saturated rings. The van der Waals surface area contributed by atoms with Gasteiger partial charge in [-0.25, -0.2) is 0 Å². The molecule has 0 N–H and O–H groups in total. The zero-order chi connectivity index (χ0) is 0. The third-order valence-electron chi connectivity index (χ3n) is 0. The van der Waals surface area contributed by atoms with Crippen LogP contribution in [0.5, 0.6) is 0 Å². The quantitative estimate of drug-likeness (QED) is 0.310. The van der Waals surface area contributed by atoms with Gasteiger partial charge < -0.3 is 0 Å². The fourth-order valence-corrected chi connectivity index (χ4v) is 0. The summed E-state index contributed by atoms with van der Waals surface area (Å²) in [6, 6.07) is 0. The molecule has 0 atom stereocenters. The Hall–Kier alpha value is 3.51. The first-order chi connectivity index (χ1) is 0. The fourth-order valence-electron chi connectivity index (χ4n) is 0. The summed E-state index contributed by atoms with van der Waals surface area (Å²) in [5.41, 5.74) is 0. The molecular formula is H6AlHfNiSbSn. The number of rotatable bonds is 0. The van der Waals surface area contributed by atoms with E-state index >= 15 is 0 Å². The molecule has 32 valence electrons. The Morgan fingerprint density at radius 2 is 1.00 bits per heavy atom. The van der Waals surface area contributed by atoms with Gasteiger partial charge in [-0.15, -0.1) is 0 Å². The van der Waals surface area contributed by atoms with Gasteiger partial charge >= 0.3 is 48.3 Å². The Labute approximate surface area is 106 Å². The van der Waals surface area contributed by atoms with Gasteiger partial charge in [0, 0.05) is 42.3 Å². The van der Waals surface area contributed by atoms with E-state index in [0.29, 0.717) is 0 Å². The van der Waals surface area contributed by atoms with Gasteiger partial charge in [-0.05, 0) is 0 Å². The second kappa shape index (κ2) is 25.8. The van der Waals surface area contributed by atoms with Gasteiger partial charge in [0.25, 0.3) is 0 Å². The van der Waals surface area contributed by atoms with Gasteiger partial charge in [0.15, 0.2) is 0 Å². The molecule has 0 nitrogen and oxygen atoms in total. The third kappa shape index (κ3) is 18.5. The topological polar surface area (TPSA) is 0 Å². The van der Waals surface area contributed by atoms with E-state index < -0.39 is 0 Å². The van der Waals surface area contributed by atoms with Crippen molar-refractivity contribution in [1.29, 1.82) is 0 Å². The first-order valence-electron chi connectivity index (χ1n) is 0. The Bertz CT molecular complexity index is 11.6. The van der Waals surface area contributed by atoms with E-state index in [1.165, 1.54) is 0 Å². The van der Waals surface area contributed by atoms with Gasteiger partial charge in [0.2, 0.25) is 0 Å². The number of hydrogen-bond donors (Lipinski definition) is 0. The Morgan fingerprint density at radius 3 is 1.00 bits per heavy atom. The van der Waals surface area contributed by atoms with Crippen LogP contribution in [0.2, 0.25) is 0 Å². The summed E-state index contributed by atoms with van der Waals surface area (Å²) < 4.78 is 0. The Balaban J connectivity index is 0. The average molecular weight is 511 g/mol. The minimum absolute atomic E-state index is 0. The predicted octanol–water partition coefficient (Wildman–Crippen LogP) is -2.75. The summed E-state index contributed by atoms with van der Waals surface area (Å²) in [6.45, 7) is 0. The van der Waals surface area contributed by atoms with Gasteiger partial charge in [-0.2, -0.15) is 0 Å².